The standard InChI is InChI=1S/C14H12F3N5O2S/c1-24-9-5-3-2-4-8(9)6-7-18-10(23)11-21-22-12(14(15,16)17)19-20-13(22)25-11/h2-5H,6-7H2,1H3,(H,18,23). The summed E-state index contributed by atoms with van der Waals surface area (Å²) < 4.78 is 44.0. The van der Waals surface area contributed by atoms with Crippen LogP contribution >= 0.6 is 11.3 Å². The van der Waals surface area contributed by atoms with Gasteiger partial charge in [0.05, 0.1) is 7.11 Å². The van der Waals surface area contributed by atoms with Gasteiger partial charge in [-0.15, -0.1) is 15.3 Å². The lowest BCUT2D eigenvalue weighted by atomic mass is 10.1. The number of methoxy groups -OCH3 is 1. The van der Waals surface area contributed by atoms with Crippen molar-refractivity contribution >= 4 is 22.2 Å². The maximum absolute atomic E-state index is 12.8. The largest absolute Gasteiger partial charge is 0.496 e. The van der Waals surface area contributed by atoms with Gasteiger partial charge < -0.3 is 10.1 Å². The van der Waals surface area contributed by atoms with Gasteiger partial charge >= 0.3 is 6.18 Å². The minimum Gasteiger partial charge on any atom is -0.496 e. The molecule has 1 aromatic carbocycles. The minimum atomic E-state index is -4.69. The Balaban J connectivity index is 1.67. The fourth-order valence-corrected chi connectivity index (χ4v) is 2.94. The van der Waals surface area contributed by atoms with Crippen molar-refractivity contribution in [1.29, 1.82) is 0 Å². The van der Waals surface area contributed by atoms with Crippen LogP contribution in [0.5, 0.6) is 5.75 Å². The molecule has 0 aliphatic rings. The molecule has 0 saturated heterocycles. The number of fused-ring (bicyclic) bond motifs is 1. The van der Waals surface area contributed by atoms with Gasteiger partial charge in [0, 0.05) is 6.54 Å². The van der Waals surface area contributed by atoms with Crippen LogP contribution in [0.3, 0.4) is 0 Å². The number of benzene rings is 1. The Bertz CT molecular complexity index is 905. The summed E-state index contributed by atoms with van der Waals surface area (Å²) in [6.07, 6.45) is -4.18. The molecule has 0 unspecified atom stereocenters. The van der Waals surface area contributed by atoms with Crippen molar-refractivity contribution in [2.45, 2.75) is 12.6 Å². The van der Waals surface area contributed by atoms with Gasteiger partial charge in [-0.25, -0.2) is 0 Å². The second-order valence-corrected chi connectivity index (χ2v) is 5.90. The third-order valence-electron chi connectivity index (χ3n) is 3.31. The van der Waals surface area contributed by atoms with Crippen LogP contribution in [0.15, 0.2) is 24.3 Å². The predicted molar refractivity (Wildman–Crippen MR) is 82.7 cm³/mol. The van der Waals surface area contributed by atoms with Crippen molar-refractivity contribution in [2.24, 2.45) is 0 Å². The van der Waals surface area contributed by atoms with Crippen molar-refractivity contribution in [3.63, 3.8) is 0 Å². The summed E-state index contributed by atoms with van der Waals surface area (Å²) in [5, 5.41) is 12.6. The quantitative estimate of drug-likeness (QED) is 0.744. The summed E-state index contributed by atoms with van der Waals surface area (Å²) >= 11 is 0.738. The zero-order valence-electron chi connectivity index (χ0n) is 12.9. The highest BCUT2D eigenvalue weighted by Crippen LogP contribution is 2.28. The van der Waals surface area contributed by atoms with Gasteiger partial charge in [0.2, 0.25) is 9.97 Å². The van der Waals surface area contributed by atoms with Crippen molar-refractivity contribution in [3.05, 3.63) is 40.7 Å². The average Bonchev–Trinajstić information content (AvgIpc) is 3.14. The van der Waals surface area contributed by atoms with Gasteiger partial charge in [0.15, 0.2) is 0 Å². The highest BCUT2D eigenvalue weighted by Gasteiger charge is 2.38. The van der Waals surface area contributed by atoms with Crippen LogP contribution in [-0.2, 0) is 12.6 Å². The number of para-hydroxylation sites is 1. The molecule has 7 nitrogen and oxygen atoms in total. The van der Waals surface area contributed by atoms with E-state index >= 15 is 0 Å². The monoisotopic (exact) mass is 371 g/mol. The smallest absolute Gasteiger partial charge is 0.453 e. The normalized spacial score (nSPS) is 11.7. The van der Waals surface area contributed by atoms with Gasteiger partial charge in [0.25, 0.3) is 11.7 Å². The van der Waals surface area contributed by atoms with Crippen LogP contribution in [0.2, 0.25) is 0 Å². The molecule has 0 fully saturated rings. The Morgan fingerprint density at radius 2 is 2.08 bits per heavy atom. The third-order valence-corrected chi connectivity index (χ3v) is 4.21. The molecule has 1 amide bonds. The van der Waals surface area contributed by atoms with E-state index in [4.69, 9.17) is 4.74 Å². The number of hydrogen-bond acceptors (Lipinski definition) is 6. The summed E-state index contributed by atoms with van der Waals surface area (Å²) in [5.41, 5.74) is 0.905. The van der Waals surface area contributed by atoms with Crippen molar-refractivity contribution < 1.29 is 22.7 Å². The summed E-state index contributed by atoms with van der Waals surface area (Å²) in [7, 11) is 1.55. The summed E-state index contributed by atoms with van der Waals surface area (Å²) in [6, 6.07) is 7.35. The highest BCUT2D eigenvalue weighted by molar-refractivity contribution is 7.18. The molecule has 3 aromatic rings. The number of ether oxygens (including phenoxy) is 1. The second kappa shape index (κ2) is 6.67. The molecule has 0 atom stereocenters. The summed E-state index contributed by atoms with van der Waals surface area (Å²) in [5.74, 6) is -1.13. The molecular formula is C14H12F3N5O2S. The molecule has 0 bridgehead atoms. The van der Waals surface area contributed by atoms with Crippen LogP contribution in [0, 0.1) is 0 Å². The van der Waals surface area contributed by atoms with Crippen molar-refractivity contribution in [2.75, 3.05) is 13.7 Å². The summed E-state index contributed by atoms with van der Waals surface area (Å²) in [4.78, 5) is 12.0. The number of rotatable bonds is 5. The van der Waals surface area contributed by atoms with Crippen LogP contribution < -0.4 is 10.1 Å². The minimum absolute atomic E-state index is 0.0952. The fourth-order valence-electron chi connectivity index (χ4n) is 2.18. The van der Waals surface area contributed by atoms with Crippen molar-refractivity contribution in [3.8, 4) is 5.75 Å². The third kappa shape index (κ3) is 3.55. The van der Waals surface area contributed by atoms with E-state index in [0.29, 0.717) is 16.7 Å². The second-order valence-electron chi connectivity index (χ2n) is 4.94. The maximum atomic E-state index is 12.8. The first-order valence-corrected chi connectivity index (χ1v) is 7.91. The topological polar surface area (TPSA) is 81.4 Å². The highest BCUT2D eigenvalue weighted by atomic mass is 32.1. The Morgan fingerprint density at radius 1 is 1.32 bits per heavy atom. The Labute approximate surface area is 143 Å². The average molecular weight is 371 g/mol. The molecular weight excluding hydrogens is 359 g/mol. The lowest BCUT2D eigenvalue weighted by Crippen LogP contribution is -2.26. The van der Waals surface area contributed by atoms with Crippen LogP contribution in [0.1, 0.15) is 21.2 Å². The number of hydrogen-bond donors (Lipinski definition) is 1. The van der Waals surface area contributed by atoms with E-state index in [1.165, 1.54) is 0 Å². The van der Waals surface area contributed by atoms with Gasteiger partial charge in [0.1, 0.15) is 5.75 Å². The Morgan fingerprint density at radius 3 is 2.80 bits per heavy atom. The summed E-state index contributed by atoms with van der Waals surface area (Å²) in [6.45, 7) is 0.283. The molecule has 25 heavy (non-hydrogen) atoms. The van der Waals surface area contributed by atoms with E-state index < -0.39 is 17.9 Å². The Hall–Kier alpha value is -2.69. The fraction of sp³-hybridized carbons (Fsp3) is 0.286. The molecule has 0 aliphatic heterocycles. The van der Waals surface area contributed by atoms with E-state index in [9.17, 15) is 18.0 Å². The number of aromatic nitrogens is 4. The molecule has 11 heteroatoms. The van der Waals surface area contributed by atoms with Crippen molar-refractivity contribution in [1.82, 2.24) is 25.1 Å². The van der Waals surface area contributed by atoms with E-state index in [1.54, 1.807) is 13.2 Å². The first-order chi connectivity index (χ1) is 11.9. The van der Waals surface area contributed by atoms with E-state index in [1.807, 2.05) is 18.2 Å². The van der Waals surface area contributed by atoms with Crippen LogP contribution in [0.4, 0.5) is 13.2 Å². The molecule has 132 valence electrons. The number of nitrogens with zero attached hydrogens (tertiary/aromatic N) is 4. The Kier molecular flexibility index (Phi) is 4.57. The number of alkyl halides is 3. The van der Waals surface area contributed by atoms with Gasteiger partial charge in [-0.2, -0.15) is 17.7 Å². The first-order valence-electron chi connectivity index (χ1n) is 7.09. The van der Waals surface area contributed by atoms with Crippen LogP contribution in [0.25, 0.3) is 4.96 Å². The van der Waals surface area contributed by atoms with Gasteiger partial charge in [-0.1, -0.05) is 29.5 Å². The van der Waals surface area contributed by atoms with E-state index in [2.05, 4.69) is 20.6 Å². The molecule has 0 spiro atoms. The van der Waals surface area contributed by atoms with Gasteiger partial charge in [-0.3, -0.25) is 4.79 Å². The lowest BCUT2D eigenvalue weighted by Gasteiger charge is -2.08. The van der Waals surface area contributed by atoms with Crippen LogP contribution in [-0.4, -0.2) is 39.4 Å². The first kappa shape index (κ1) is 17.1. The number of nitrogens with one attached hydrogen (secondary N) is 1. The zero-order valence-corrected chi connectivity index (χ0v) is 13.7. The molecule has 0 radical (unpaired) electrons. The zero-order chi connectivity index (χ0) is 18.0. The SMILES string of the molecule is COc1ccccc1CCNC(=O)c1nn2c(C(F)(F)F)nnc2s1. The van der Waals surface area contributed by atoms with Gasteiger partial charge in [-0.05, 0) is 18.1 Å². The number of halogens is 3. The predicted octanol–water partition coefficient (Wildman–Crippen LogP) is 2.19. The molecule has 1 N–H and O–H groups in total. The number of carbonyl (C=O) groups is 1. The lowest BCUT2D eigenvalue weighted by molar-refractivity contribution is -0.146. The molecule has 0 saturated carbocycles. The number of amides is 1. The van der Waals surface area contributed by atoms with E-state index in [0.717, 1.165) is 16.9 Å². The maximum Gasteiger partial charge on any atom is 0.453 e. The molecule has 3 rings (SSSR count). The molecule has 2 heterocycles. The van der Waals surface area contributed by atoms with E-state index in [-0.39, 0.29) is 16.5 Å². The number of carbonyl (C=O) groups excluding carboxylic acids is 1. The molecule has 0 aliphatic carbocycles. The molecule has 2 aromatic heterocycles.